The Kier molecular flexibility index (Phi) is 6.50. The van der Waals surface area contributed by atoms with Crippen molar-refractivity contribution in [1.82, 2.24) is 15.1 Å². The summed E-state index contributed by atoms with van der Waals surface area (Å²) in [6.07, 6.45) is 6.45. The highest BCUT2D eigenvalue weighted by atomic mass is 35.5. The Morgan fingerprint density at radius 1 is 0.966 bits per heavy atom. The van der Waals surface area contributed by atoms with Gasteiger partial charge in [0.2, 0.25) is 0 Å². The Morgan fingerprint density at radius 2 is 1.66 bits per heavy atom. The molecule has 0 amide bonds. The summed E-state index contributed by atoms with van der Waals surface area (Å²) in [7, 11) is 0. The molecule has 152 valence electrons. The van der Waals surface area contributed by atoms with Gasteiger partial charge in [0.05, 0.1) is 22.1 Å². The molecule has 3 aromatic rings. The number of nitrogens with zero attached hydrogens (tertiary/aromatic N) is 2. The van der Waals surface area contributed by atoms with E-state index in [1.165, 1.54) is 32.1 Å². The van der Waals surface area contributed by atoms with Crippen LogP contribution in [0.25, 0.3) is 16.9 Å². The number of aromatic nitrogens is 2. The summed E-state index contributed by atoms with van der Waals surface area (Å²) in [6.45, 7) is 2.87. The van der Waals surface area contributed by atoms with Crippen molar-refractivity contribution in [3.8, 4) is 16.9 Å². The standard InChI is InChI=1S/C23H24Cl3N3/c1-15-21(14-27-19-5-3-2-4-6-19)28-29(22-12-11-18(25)13-20(22)26)23(15)16-7-9-17(24)10-8-16/h7-13,19,27H,2-6,14H2,1H3. The summed E-state index contributed by atoms with van der Waals surface area (Å²) >= 11 is 18.8. The second-order valence-corrected chi connectivity index (χ2v) is 8.93. The minimum absolute atomic E-state index is 0.571. The van der Waals surface area contributed by atoms with Crippen LogP contribution in [0.3, 0.4) is 0 Å². The highest BCUT2D eigenvalue weighted by Gasteiger charge is 2.20. The first-order valence-electron chi connectivity index (χ1n) is 10.1. The van der Waals surface area contributed by atoms with E-state index >= 15 is 0 Å². The molecule has 0 aliphatic heterocycles. The molecule has 1 heterocycles. The van der Waals surface area contributed by atoms with Gasteiger partial charge in [0.15, 0.2) is 0 Å². The Balaban J connectivity index is 1.74. The zero-order valence-corrected chi connectivity index (χ0v) is 18.7. The first kappa shape index (κ1) is 20.7. The summed E-state index contributed by atoms with van der Waals surface area (Å²) in [5, 5.41) is 10.5. The van der Waals surface area contributed by atoms with Gasteiger partial charge < -0.3 is 5.32 Å². The number of hydrogen-bond donors (Lipinski definition) is 1. The zero-order chi connectivity index (χ0) is 20.4. The zero-order valence-electron chi connectivity index (χ0n) is 16.4. The minimum Gasteiger partial charge on any atom is -0.308 e. The van der Waals surface area contributed by atoms with Crippen molar-refractivity contribution in [1.29, 1.82) is 0 Å². The number of hydrogen-bond acceptors (Lipinski definition) is 2. The summed E-state index contributed by atoms with van der Waals surface area (Å²) in [4.78, 5) is 0. The van der Waals surface area contributed by atoms with Gasteiger partial charge in [-0.2, -0.15) is 5.10 Å². The van der Waals surface area contributed by atoms with Gasteiger partial charge >= 0.3 is 0 Å². The SMILES string of the molecule is Cc1c(CNC2CCCCC2)nn(-c2ccc(Cl)cc2Cl)c1-c1ccc(Cl)cc1. The largest absolute Gasteiger partial charge is 0.308 e. The minimum atomic E-state index is 0.571. The number of benzene rings is 2. The van der Waals surface area contributed by atoms with Gasteiger partial charge in [-0.3, -0.25) is 0 Å². The van der Waals surface area contributed by atoms with Gasteiger partial charge in [0.25, 0.3) is 0 Å². The highest BCUT2D eigenvalue weighted by Crippen LogP contribution is 2.33. The molecule has 1 aliphatic rings. The van der Waals surface area contributed by atoms with Crippen molar-refractivity contribution in [2.75, 3.05) is 0 Å². The molecule has 0 radical (unpaired) electrons. The third-order valence-corrected chi connectivity index (χ3v) is 6.43. The third kappa shape index (κ3) is 4.64. The summed E-state index contributed by atoms with van der Waals surface area (Å²) in [5.74, 6) is 0. The van der Waals surface area contributed by atoms with Crippen molar-refractivity contribution >= 4 is 34.8 Å². The molecule has 6 heteroatoms. The van der Waals surface area contributed by atoms with E-state index < -0.39 is 0 Å². The van der Waals surface area contributed by atoms with Crippen LogP contribution >= 0.6 is 34.8 Å². The lowest BCUT2D eigenvalue weighted by Gasteiger charge is -2.22. The van der Waals surface area contributed by atoms with Crippen LogP contribution in [-0.2, 0) is 6.54 Å². The van der Waals surface area contributed by atoms with Gasteiger partial charge in [-0.1, -0.05) is 66.2 Å². The van der Waals surface area contributed by atoms with E-state index in [0.717, 1.165) is 34.7 Å². The van der Waals surface area contributed by atoms with Gasteiger partial charge in [-0.25, -0.2) is 4.68 Å². The summed E-state index contributed by atoms with van der Waals surface area (Å²) in [5.41, 5.74) is 5.06. The Bertz CT molecular complexity index is 989. The monoisotopic (exact) mass is 447 g/mol. The fourth-order valence-corrected chi connectivity index (χ4v) is 4.65. The smallest absolute Gasteiger partial charge is 0.0840 e. The Hall–Kier alpha value is -1.52. The molecule has 0 unspecified atom stereocenters. The van der Waals surface area contributed by atoms with Crippen LogP contribution < -0.4 is 5.32 Å². The molecular formula is C23H24Cl3N3. The maximum absolute atomic E-state index is 6.53. The normalized spacial score (nSPS) is 15.0. The number of halogens is 3. The predicted molar refractivity (Wildman–Crippen MR) is 122 cm³/mol. The van der Waals surface area contributed by atoms with Gasteiger partial charge in [0, 0.05) is 28.2 Å². The maximum Gasteiger partial charge on any atom is 0.0840 e. The maximum atomic E-state index is 6.53. The second kappa shape index (κ2) is 9.09. The molecule has 1 N–H and O–H groups in total. The van der Waals surface area contributed by atoms with Crippen molar-refractivity contribution < 1.29 is 0 Å². The van der Waals surface area contributed by atoms with E-state index in [1.807, 2.05) is 41.1 Å². The van der Waals surface area contributed by atoms with Crippen molar-refractivity contribution in [2.24, 2.45) is 0 Å². The lowest BCUT2D eigenvalue weighted by atomic mass is 9.95. The van der Waals surface area contributed by atoms with E-state index in [0.29, 0.717) is 21.1 Å². The van der Waals surface area contributed by atoms with Gasteiger partial charge in [-0.05, 0) is 55.7 Å². The number of rotatable bonds is 5. The molecule has 0 bridgehead atoms. The fraction of sp³-hybridized carbons (Fsp3) is 0.348. The lowest BCUT2D eigenvalue weighted by molar-refractivity contribution is 0.370. The van der Waals surface area contributed by atoms with E-state index in [2.05, 4.69) is 12.2 Å². The van der Waals surface area contributed by atoms with Crippen LogP contribution in [0.2, 0.25) is 15.1 Å². The van der Waals surface area contributed by atoms with Gasteiger partial charge in [0.1, 0.15) is 0 Å². The first-order chi connectivity index (χ1) is 14.0. The average Bonchev–Trinajstić information content (AvgIpc) is 3.04. The topological polar surface area (TPSA) is 29.9 Å². The van der Waals surface area contributed by atoms with Gasteiger partial charge in [-0.15, -0.1) is 0 Å². The van der Waals surface area contributed by atoms with E-state index in [1.54, 1.807) is 6.07 Å². The molecule has 1 fully saturated rings. The second-order valence-electron chi connectivity index (χ2n) is 7.65. The van der Waals surface area contributed by atoms with Crippen molar-refractivity contribution in [3.63, 3.8) is 0 Å². The van der Waals surface area contributed by atoms with Crippen molar-refractivity contribution in [3.05, 3.63) is 68.8 Å². The van der Waals surface area contributed by atoms with Crippen LogP contribution in [-0.4, -0.2) is 15.8 Å². The molecule has 0 saturated heterocycles. The van der Waals surface area contributed by atoms with Crippen LogP contribution in [0.4, 0.5) is 0 Å². The fourth-order valence-electron chi connectivity index (χ4n) is 4.03. The highest BCUT2D eigenvalue weighted by molar-refractivity contribution is 6.35. The summed E-state index contributed by atoms with van der Waals surface area (Å²) in [6, 6.07) is 13.9. The molecule has 0 spiro atoms. The van der Waals surface area contributed by atoms with E-state index in [4.69, 9.17) is 39.9 Å². The molecule has 4 rings (SSSR count). The quantitative estimate of drug-likeness (QED) is 0.446. The van der Waals surface area contributed by atoms with Crippen LogP contribution in [0.5, 0.6) is 0 Å². The van der Waals surface area contributed by atoms with Crippen LogP contribution in [0, 0.1) is 6.92 Å². The molecule has 3 nitrogen and oxygen atoms in total. The number of nitrogens with one attached hydrogen (secondary N) is 1. The molecular weight excluding hydrogens is 425 g/mol. The molecule has 1 aromatic heterocycles. The Morgan fingerprint density at radius 3 is 2.34 bits per heavy atom. The van der Waals surface area contributed by atoms with Crippen LogP contribution in [0.1, 0.15) is 43.4 Å². The molecule has 1 saturated carbocycles. The molecule has 29 heavy (non-hydrogen) atoms. The molecule has 1 aliphatic carbocycles. The third-order valence-electron chi connectivity index (χ3n) is 5.64. The van der Waals surface area contributed by atoms with E-state index in [9.17, 15) is 0 Å². The Labute approximate surface area is 187 Å². The summed E-state index contributed by atoms with van der Waals surface area (Å²) < 4.78 is 1.93. The lowest BCUT2D eigenvalue weighted by Crippen LogP contribution is -2.30. The average molecular weight is 449 g/mol. The first-order valence-corrected chi connectivity index (χ1v) is 11.2. The van der Waals surface area contributed by atoms with Crippen LogP contribution in [0.15, 0.2) is 42.5 Å². The molecule has 0 atom stereocenters. The predicted octanol–water partition coefficient (Wildman–Crippen LogP) is 7.23. The molecule has 2 aromatic carbocycles. The van der Waals surface area contributed by atoms with E-state index in [-0.39, 0.29) is 0 Å². The van der Waals surface area contributed by atoms with Crippen molar-refractivity contribution in [2.45, 2.75) is 51.6 Å².